The van der Waals surface area contributed by atoms with Gasteiger partial charge in [0.1, 0.15) is 0 Å². The van der Waals surface area contributed by atoms with Crippen LogP contribution in [0.3, 0.4) is 0 Å². The van der Waals surface area contributed by atoms with Crippen molar-refractivity contribution in [3.63, 3.8) is 0 Å². The maximum Gasteiger partial charge on any atom is 0.321 e. The molecule has 0 aromatic heterocycles. The predicted molar refractivity (Wildman–Crippen MR) is 112 cm³/mol. The molecule has 0 unspecified atom stereocenters. The molecule has 0 heterocycles. The lowest BCUT2D eigenvalue weighted by Crippen LogP contribution is -2.38. The van der Waals surface area contributed by atoms with Crippen LogP contribution in [0.25, 0.3) is 0 Å². The number of carbonyl (C=O) groups excluding carboxylic acids is 1. The first kappa shape index (κ1) is 18.7. The van der Waals surface area contributed by atoms with E-state index in [1.165, 1.54) is 11.1 Å². The van der Waals surface area contributed by atoms with Crippen molar-refractivity contribution in [3.05, 3.63) is 102 Å². The fourth-order valence-electron chi connectivity index (χ4n) is 3.06. The fraction of sp³-hybridized carbons (Fsp3) is 0.208. The molecule has 0 aliphatic heterocycles. The van der Waals surface area contributed by atoms with Gasteiger partial charge in [0.25, 0.3) is 0 Å². The number of nitrogens with zero attached hydrogens (tertiary/aromatic N) is 1. The molecular formula is C24H26N2O. The van der Waals surface area contributed by atoms with E-state index < -0.39 is 0 Å². The fourth-order valence-corrected chi connectivity index (χ4v) is 3.06. The molecule has 2 amide bonds. The van der Waals surface area contributed by atoms with Gasteiger partial charge in [-0.05, 0) is 48.6 Å². The Morgan fingerprint density at radius 3 is 1.85 bits per heavy atom. The van der Waals surface area contributed by atoms with Gasteiger partial charge in [-0.25, -0.2) is 4.79 Å². The molecule has 0 aliphatic rings. The van der Waals surface area contributed by atoms with Crippen LogP contribution in [0.5, 0.6) is 0 Å². The normalized spacial score (nSPS) is 10.4. The Hall–Kier alpha value is -3.07. The highest BCUT2D eigenvalue weighted by Gasteiger charge is 2.14. The Bertz CT molecular complexity index is 803. The van der Waals surface area contributed by atoms with E-state index in [-0.39, 0.29) is 6.03 Å². The predicted octanol–water partition coefficient (Wildman–Crippen LogP) is 5.31. The van der Waals surface area contributed by atoms with Crippen molar-refractivity contribution < 1.29 is 4.79 Å². The molecule has 0 fully saturated rings. The van der Waals surface area contributed by atoms with Crippen LogP contribution in [0.2, 0.25) is 0 Å². The van der Waals surface area contributed by atoms with E-state index in [9.17, 15) is 4.79 Å². The average molecular weight is 358 g/mol. The van der Waals surface area contributed by atoms with Gasteiger partial charge in [-0.15, -0.1) is 0 Å². The van der Waals surface area contributed by atoms with Gasteiger partial charge in [0.15, 0.2) is 0 Å². The topological polar surface area (TPSA) is 32.3 Å². The number of urea groups is 1. The third kappa shape index (κ3) is 6.00. The zero-order valence-corrected chi connectivity index (χ0v) is 15.8. The van der Waals surface area contributed by atoms with E-state index in [4.69, 9.17) is 0 Å². The zero-order chi connectivity index (χ0) is 18.9. The highest BCUT2D eigenvalue weighted by molar-refractivity contribution is 5.89. The summed E-state index contributed by atoms with van der Waals surface area (Å²) in [5, 5.41) is 3.04. The molecule has 0 saturated heterocycles. The molecule has 3 aromatic rings. The van der Waals surface area contributed by atoms with E-state index >= 15 is 0 Å². The van der Waals surface area contributed by atoms with E-state index in [1.807, 2.05) is 72.5 Å². The molecule has 1 N–H and O–H groups in total. The largest absolute Gasteiger partial charge is 0.324 e. The minimum atomic E-state index is -0.0486. The van der Waals surface area contributed by atoms with E-state index in [0.717, 1.165) is 24.1 Å². The van der Waals surface area contributed by atoms with Crippen molar-refractivity contribution in [2.24, 2.45) is 0 Å². The van der Waals surface area contributed by atoms with Crippen LogP contribution in [0.15, 0.2) is 84.9 Å². The number of anilines is 1. The summed E-state index contributed by atoms with van der Waals surface area (Å²) in [5.74, 6) is 0. The molecule has 0 bridgehead atoms. The van der Waals surface area contributed by atoms with Crippen LogP contribution in [0.4, 0.5) is 10.5 Å². The van der Waals surface area contributed by atoms with Gasteiger partial charge < -0.3 is 10.2 Å². The Morgan fingerprint density at radius 2 is 1.33 bits per heavy atom. The molecular weight excluding hydrogens is 332 g/mol. The summed E-state index contributed by atoms with van der Waals surface area (Å²) < 4.78 is 0. The lowest BCUT2D eigenvalue weighted by atomic mass is 10.1. The molecule has 0 saturated carbocycles. The molecule has 3 aromatic carbocycles. The third-order valence-electron chi connectivity index (χ3n) is 4.58. The van der Waals surface area contributed by atoms with Crippen LogP contribution < -0.4 is 5.32 Å². The van der Waals surface area contributed by atoms with Gasteiger partial charge in [0.05, 0.1) is 0 Å². The second-order valence-corrected chi connectivity index (χ2v) is 6.76. The number of hydrogen-bond donors (Lipinski definition) is 1. The van der Waals surface area contributed by atoms with Crippen molar-refractivity contribution in [3.8, 4) is 0 Å². The minimum absolute atomic E-state index is 0.0486. The first-order valence-electron chi connectivity index (χ1n) is 9.41. The van der Waals surface area contributed by atoms with E-state index in [2.05, 4.69) is 29.6 Å². The van der Waals surface area contributed by atoms with Crippen molar-refractivity contribution >= 4 is 11.7 Å². The summed E-state index contributed by atoms with van der Waals surface area (Å²) >= 11 is 0. The molecule has 0 aliphatic carbocycles. The molecule has 3 rings (SSSR count). The van der Waals surface area contributed by atoms with Crippen LogP contribution in [-0.4, -0.2) is 24.0 Å². The second kappa shape index (κ2) is 9.58. The van der Waals surface area contributed by atoms with Crippen LogP contribution in [0, 0.1) is 6.92 Å². The summed E-state index contributed by atoms with van der Waals surface area (Å²) in [4.78, 5) is 14.8. The Balaban J connectivity index is 1.66. The molecule has 3 heteroatoms. The summed E-state index contributed by atoms with van der Waals surface area (Å²) in [6.45, 7) is 3.40. The van der Waals surface area contributed by atoms with Crippen molar-refractivity contribution in [1.29, 1.82) is 0 Å². The first-order chi connectivity index (χ1) is 13.2. The smallest absolute Gasteiger partial charge is 0.321 e. The van der Waals surface area contributed by atoms with Crippen LogP contribution in [0.1, 0.15) is 16.7 Å². The van der Waals surface area contributed by atoms with Crippen LogP contribution in [-0.2, 0) is 12.8 Å². The van der Waals surface area contributed by atoms with Crippen molar-refractivity contribution in [1.82, 2.24) is 4.90 Å². The van der Waals surface area contributed by atoms with Gasteiger partial charge in [-0.3, -0.25) is 0 Å². The van der Waals surface area contributed by atoms with Gasteiger partial charge in [-0.2, -0.15) is 0 Å². The van der Waals surface area contributed by atoms with Gasteiger partial charge in [-0.1, -0.05) is 72.8 Å². The Kier molecular flexibility index (Phi) is 6.64. The summed E-state index contributed by atoms with van der Waals surface area (Å²) in [7, 11) is 0. The lowest BCUT2D eigenvalue weighted by Gasteiger charge is -2.23. The standard InChI is InChI=1S/C24H26N2O/c1-20-9-8-14-23(19-20)25-24(27)26(17-15-21-10-4-2-5-11-21)18-16-22-12-6-3-7-13-22/h2-14,19H,15-18H2,1H3,(H,25,27). The molecule has 3 nitrogen and oxygen atoms in total. The SMILES string of the molecule is Cc1cccc(NC(=O)N(CCc2ccccc2)CCc2ccccc2)c1. The highest BCUT2D eigenvalue weighted by Crippen LogP contribution is 2.12. The van der Waals surface area contributed by atoms with Gasteiger partial charge in [0.2, 0.25) is 0 Å². The molecule has 27 heavy (non-hydrogen) atoms. The van der Waals surface area contributed by atoms with Gasteiger partial charge in [0, 0.05) is 18.8 Å². The number of aryl methyl sites for hydroxylation is 1. The number of nitrogens with one attached hydrogen (secondary N) is 1. The molecule has 0 spiro atoms. The maximum absolute atomic E-state index is 12.9. The molecule has 0 radical (unpaired) electrons. The number of carbonyl (C=O) groups is 1. The van der Waals surface area contributed by atoms with E-state index in [1.54, 1.807) is 0 Å². The minimum Gasteiger partial charge on any atom is -0.324 e. The first-order valence-corrected chi connectivity index (χ1v) is 9.41. The number of hydrogen-bond acceptors (Lipinski definition) is 1. The quantitative estimate of drug-likeness (QED) is 0.609. The van der Waals surface area contributed by atoms with Crippen molar-refractivity contribution in [2.75, 3.05) is 18.4 Å². The Labute approximate surface area is 161 Å². The molecule has 0 atom stereocenters. The highest BCUT2D eigenvalue weighted by atomic mass is 16.2. The van der Waals surface area contributed by atoms with E-state index in [0.29, 0.717) is 13.1 Å². The molecule has 138 valence electrons. The summed E-state index contributed by atoms with van der Waals surface area (Å²) in [5.41, 5.74) is 4.45. The summed E-state index contributed by atoms with van der Waals surface area (Å²) in [6.07, 6.45) is 1.69. The lowest BCUT2D eigenvalue weighted by molar-refractivity contribution is 0.213. The maximum atomic E-state index is 12.9. The van der Waals surface area contributed by atoms with Gasteiger partial charge >= 0.3 is 6.03 Å². The summed E-state index contributed by atoms with van der Waals surface area (Å²) in [6, 6.07) is 28.5. The number of amides is 2. The van der Waals surface area contributed by atoms with Crippen molar-refractivity contribution in [2.45, 2.75) is 19.8 Å². The average Bonchev–Trinajstić information content (AvgIpc) is 2.69. The number of rotatable bonds is 7. The van der Waals surface area contributed by atoms with Crippen LogP contribution >= 0.6 is 0 Å². The third-order valence-corrected chi connectivity index (χ3v) is 4.58. The zero-order valence-electron chi connectivity index (χ0n) is 15.8. The Morgan fingerprint density at radius 1 is 0.778 bits per heavy atom. The monoisotopic (exact) mass is 358 g/mol. The number of benzene rings is 3. The second-order valence-electron chi connectivity index (χ2n) is 6.76.